The highest BCUT2D eigenvalue weighted by atomic mass is 16.2. The van der Waals surface area contributed by atoms with Crippen LogP contribution >= 0.6 is 0 Å². The van der Waals surface area contributed by atoms with Gasteiger partial charge in [0.2, 0.25) is 11.8 Å². The third kappa shape index (κ3) is 5.28. The summed E-state index contributed by atoms with van der Waals surface area (Å²) in [5.41, 5.74) is 3.17. The van der Waals surface area contributed by atoms with E-state index in [2.05, 4.69) is 22.8 Å². The lowest BCUT2D eigenvalue weighted by Crippen LogP contribution is -2.44. The van der Waals surface area contributed by atoms with E-state index in [9.17, 15) is 9.59 Å². The van der Waals surface area contributed by atoms with Gasteiger partial charge in [-0.3, -0.25) is 9.59 Å². The number of guanidine groups is 1. The molecule has 0 aromatic heterocycles. The molecule has 0 saturated carbocycles. The molecule has 0 spiro atoms. The molecule has 0 radical (unpaired) electrons. The molecule has 2 aromatic carbocycles. The monoisotopic (exact) mass is 433 g/mol. The molecule has 4 rings (SSSR count). The predicted molar refractivity (Wildman–Crippen MR) is 126 cm³/mol. The van der Waals surface area contributed by atoms with E-state index >= 15 is 0 Å². The van der Waals surface area contributed by atoms with Crippen LogP contribution in [0, 0.1) is 0 Å². The number of nitrogens with one attached hydrogen (secondary N) is 2. The number of carbonyl (C=O) groups is 2. The molecule has 0 bridgehead atoms. The van der Waals surface area contributed by atoms with E-state index < -0.39 is 0 Å². The molecular weight excluding hydrogens is 402 g/mol. The maximum atomic E-state index is 12.5. The highest BCUT2D eigenvalue weighted by molar-refractivity contribution is 5.97. The topological polar surface area (TPSA) is 77.0 Å². The van der Waals surface area contributed by atoms with Crippen LogP contribution in [0.25, 0.3) is 0 Å². The number of carbonyl (C=O) groups excluding carboxylic acids is 2. The molecule has 32 heavy (non-hydrogen) atoms. The summed E-state index contributed by atoms with van der Waals surface area (Å²) >= 11 is 0. The molecule has 0 aliphatic carbocycles. The number of hydrogen-bond donors (Lipinski definition) is 2. The summed E-state index contributed by atoms with van der Waals surface area (Å²) in [5.74, 6) is 1.05. The fourth-order valence-corrected chi connectivity index (χ4v) is 4.28. The molecule has 2 heterocycles. The molecule has 2 aliphatic rings. The largest absolute Gasteiger partial charge is 0.357 e. The molecule has 168 valence electrons. The van der Waals surface area contributed by atoms with Crippen molar-refractivity contribution < 1.29 is 9.59 Å². The molecule has 2 aromatic rings. The lowest BCUT2D eigenvalue weighted by atomic mass is 10.1. The van der Waals surface area contributed by atoms with Gasteiger partial charge in [0.15, 0.2) is 5.96 Å². The summed E-state index contributed by atoms with van der Waals surface area (Å²) in [6.45, 7) is 5.35. The van der Waals surface area contributed by atoms with Gasteiger partial charge in [0, 0.05) is 44.7 Å². The van der Waals surface area contributed by atoms with Gasteiger partial charge in [0.05, 0.1) is 12.6 Å². The highest BCUT2D eigenvalue weighted by Gasteiger charge is 2.31. The van der Waals surface area contributed by atoms with Crippen LogP contribution < -0.4 is 15.5 Å². The Morgan fingerprint density at radius 2 is 1.78 bits per heavy atom. The molecule has 2 saturated heterocycles. The zero-order valence-electron chi connectivity index (χ0n) is 18.6. The number of amides is 2. The van der Waals surface area contributed by atoms with Crippen molar-refractivity contribution in [3.8, 4) is 0 Å². The molecule has 2 fully saturated rings. The molecule has 2 N–H and O–H groups in total. The maximum Gasteiger partial charge on any atom is 0.229 e. The first-order valence-electron chi connectivity index (χ1n) is 11.4. The minimum absolute atomic E-state index is 0.00188. The normalized spacial score (nSPS) is 19.0. The third-order valence-corrected chi connectivity index (χ3v) is 5.94. The smallest absolute Gasteiger partial charge is 0.229 e. The molecule has 1 unspecified atom stereocenters. The Morgan fingerprint density at radius 3 is 2.50 bits per heavy atom. The van der Waals surface area contributed by atoms with E-state index in [0.717, 1.165) is 36.3 Å². The van der Waals surface area contributed by atoms with E-state index in [1.807, 2.05) is 59.2 Å². The van der Waals surface area contributed by atoms with Gasteiger partial charge < -0.3 is 20.4 Å². The van der Waals surface area contributed by atoms with Gasteiger partial charge in [-0.25, -0.2) is 4.99 Å². The van der Waals surface area contributed by atoms with Crippen LogP contribution in [-0.4, -0.2) is 48.3 Å². The SMILES string of the molecule is CCNC(=NCc1ccccc1CN1CCCC1=O)NC1CC(=O)N(c2ccccc2)C1. The van der Waals surface area contributed by atoms with Gasteiger partial charge in [-0.1, -0.05) is 42.5 Å². The van der Waals surface area contributed by atoms with Crippen LogP contribution in [0.2, 0.25) is 0 Å². The summed E-state index contributed by atoms with van der Waals surface area (Å²) in [4.78, 5) is 33.1. The lowest BCUT2D eigenvalue weighted by Gasteiger charge is -2.20. The average Bonchev–Trinajstić information content (AvgIpc) is 3.38. The average molecular weight is 434 g/mol. The standard InChI is InChI=1S/C25H31N5O2/c1-2-26-25(28-21-15-24(32)30(18-21)22-11-4-3-5-12-22)27-16-19-9-6-7-10-20(19)17-29-14-8-13-23(29)31/h3-7,9-12,21H,2,8,13-18H2,1H3,(H2,26,27,28). The number of hydrogen-bond acceptors (Lipinski definition) is 3. The van der Waals surface area contributed by atoms with Gasteiger partial charge in [0.1, 0.15) is 0 Å². The quantitative estimate of drug-likeness (QED) is 0.520. The Kier molecular flexibility index (Phi) is 7.04. The molecular formula is C25H31N5O2. The first-order chi connectivity index (χ1) is 15.6. The van der Waals surface area contributed by atoms with Crippen molar-refractivity contribution >= 4 is 23.5 Å². The molecule has 7 nitrogen and oxygen atoms in total. The van der Waals surface area contributed by atoms with E-state index in [-0.39, 0.29) is 17.9 Å². The number of nitrogens with zero attached hydrogens (tertiary/aromatic N) is 3. The zero-order chi connectivity index (χ0) is 22.3. The van der Waals surface area contributed by atoms with Gasteiger partial charge in [-0.15, -0.1) is 0 Å². The number of anilines is 1. The third-order valence-electron chi connectivity index (χ3n) is 5.94. The van der Waals surface area contributed by atoms with Crippen molar-refractivity contribution in [2.45, 2.75) is 45.3 Å². The fraction of sp³-hybridized carbons (Fsp3) is 0.400. The summed E-state index contributed by atoms with van der Waals surface area (Å²) in [5, 5.41) is 6.72. The van der Waals surface area contributed by atoms with Crippen LogP contribution in [-0.2, 0) is 22.7 Å². The van der Waals surface area contributed by atoms with Crippen LogP contribution in [0.15, 0.2) is 59.6 Å². The first-order valence-corrected chi connectivity index (χ1v) is 11.4. The van der Waals surface area contributed by atoms with E-state index in [1.165, 1.54) is 0 Å². The van der Waals surface area contributed by atoms with Gasteiger partial charge in [-0.05, 0) is 36.6 Å². The Bertz CT molecular complexity index is 975. The lowest BCUT2D eigenvalue weighted by molar-refractivity contribution is -0.128. The van der Waals surface area contributed by atoms with E-state index in [4.69, 9.17) is 4.99 Å². The maximum absolute atomic E-state index is 12.5. The number of para-hydroxylation sites is 1. The van der Waals surface area contributed by atoms with Gasteiger partial charge in [0.25, 0.3) is 0 Å². The summed E-state index contributed by atoms with van der Waals surface area (Å²) in [7, 11) is 0. The Balaban J connectivity index is 1.42. The van der Waals surface area contributed by atoms with Crippen LogP contribution in [0.1, 0.15) is 37.3 Å². The van der Waals surface area contributed by atoms with Crippen molar-refractivity contribution in [2.24, 2.45) is 4.99 Å². The Hall–Kier alpha value is -3.35. The van der Waals surface area contributed by atoms with E-state index in [1.54, 1.807) is 0 Å². The van der Waals surface area contributed by atoms with E-state index in [0.29, 0.717) is 38.4 Å². The van der Waals surface area contributed by atoms with Crippen molar-refractivity contribution in [2.75, 3.05) is 24.5 Å². The second-order valence-corrected chi connectivity index (χ2v) is 8.27. The second-order valence-electron chi connectivity index (χ2n) is 8.27. The minimum Gasteiger partial charge on any atom is -0.357 e. The molecule has 1 atom stereocenters. The zero-order valence-corrected chi connectivity index (χ0v) is 18.6. The number of rotatable bonds is 7. The van der Waals surface area contributed by atoms with Crippen LogP contribution in [0.3, 0.4) is 0 Å². The highest BCUT2D eigenvalue weighted by Crippen LogP contribution is 2.21. The number of likely N-dealkylation sites (tertiary alicyclic amines) is 1. The molecule has 2 aliphatic heterocycles. The number of aliphatic imine (C=N–C) groups is 1. The Labute approximate surface area is 189 Å². The minimum atomic E-state index is -0.00188. The van der Waals surface area contributed by atoms with Crippen LogP contribution in [0.5, 0.6) is 0 Å². The van der Waals surface area contributed by atoms with Crippen molar-refractivity contribution in [3.63, 3.8) is 0 Å². The summed E-state index contributed by atoms with van der Waals surface area (Å²) in [6, 6.07) is 17.9. The van der Waals surface area contributed by atoms with Crippen LogP contribution in [0.4, 0.5) is 5.69 Å². The first kappa shape index (κ1) is 21.9. The Morgan fingerprint density at radius 1 is 1.03 bits per heavy atom. The second kappa shape index (κ2) is 10.3. The number of benzene rings is 2. The van der Waals surface area contributed by atoms with Crippen molar-refractivity contribution in [3.05, 3.63) is 65.7 Å². The van der Waals surface area contributed by atoms with Gasteiger partial charge >= 0.3 is 0 Å². The van der Waals surface area contributed by atoms with Crippen molar-refractivity contribution in [1.29, 1.82) is 0 Å². The molecule has 7 heteroatoms. The fourth-order valence-electron chi connectivity index (χ4n) is 4.28. The molecule has 2 amide bonds. The van der Waals surface area contributed by atoms with Gasteiger partial charge in [-0.2, -0.15) is 0 Å². The summed E-state index contributed by atoms with van der Waals surface area (Å²) < 4.78 is 0. The summed E-state index contributed by atoms with van der Waals surface area (Å²) in [6.07, 6.45) is 2.02. The van der Waals surface area contributed by atoms with Crippen molar-refractivity contribution in [1.82, 2.24) is 15.5 Å². The predicted octanol–water partition coefficient (Wildman–Crippen LogP) is 2.67.